The summed E-state index contributed by atoms with van der Waals surface area (Å²) in [4.78, 5) is 14.9. The number of hydrogen-bond acceptors (Lipinski definition) is 3. The average Bonchev–Trinajstić information content (AvgIpc) is 2.89. The summed E-state index contributed by atoms with van der Waals surface area (Å²) in [6, 6.07) is 29.5. The minimum absolute atomic E-state index is 0.180. The molecular formula is C30H37N3O2. The number of hydrogen-bond donors (Lipinski definition) is 2. The van der Waals surface area contributed by atoms with Gasteiger partial charge < -0.3 is 15.4 Å². The molecule has 0 spiro atoms. The van der Waals surface area contributed by atoms with Gasteiger partial charge in [0, 0.05) is 30.9 Å². The highest BCUT2D eigenvalue weighted by Crippen LogP contribution is 2.28. The molecule has 35 heavy (non-hydrogen) atoms. The molecule has 0 unspecified atom stereocenters. The zero-order chi connectivity index (χ0) is 24.3. The number of methoxy groups -OCH3 is 1. The number of carbonyl (C=O) groups excluding carboxylic acids is 1. The summed E-state index contributed by atoms with van der Waals surface area (Å²) >= 11 is 0. The van der Waals surface area contributed by atoms with Crippen LogP contribution in [0.2, 0.25) is 0 Å². The van der Waals surface area contributed by atoms with Crippen molar-refractivity contribution in [3.05, 3.63) is 96.1 Å². The van der Waals surface area contributed by atoms with Crippen molar-refractivity contribution < 1.29 is 9.53 Å². The van der Waals surface area contributed by atoms with Crippen LogP contribution in [0.1, 0.15) is 30.4 Å². The third-order valence-corrected chi connectivity index (χ3v) is 6.86. The van der Waals surface area contributed by atoms with Crippen molar-refractivity contribution >= 4 is 11.7 Å². The lowest BCUT2D eigenvalue weighted by molar-refractivity contribution is 0.110. The molecule has 5 nitrogen and oxygen atoms in total. The van der Waals surface area contributed by atoms with Gasteiger partial charge in [-0.3, -0.25) is 4.90 Å². The second kappa shape index (κ2) is 13.0. The maximum atomic E-state index is 12.3. The quantitative estimate of drug-likeness (QED) is 0.369. The van der Waals surface area contributed by atoms with Crippen molar-refractivity contribution in [2.45, 2.75) is 38.1 Å². The molecule has 5 heteroatoms. The summed E-state index contributed by atoms with van der Waals surface area (Å²) in [5, 5.41) is 5.88. The van der Waals surface area contributed by atoms with E-state index in [1.165, 1.54) is 24.0 Å². The molecule has 3 aromatic carbocycles. The van der Waals surface area contributed by atoms with Gasteiger partial charge in [0.1, 0.15) is 5.75 Å². The second-order valence-corrected chi connectivity index (χ2v) is 9.43. The van der Waals surface area contributed by atoms with Gasteiger partial charge in [-0.1, -0.05) is 66.7 Å². The first-order chi connectivity index (χ1) is 17.2. The summed E-state index contributed by atoms with van der Waals surface area (Å²) < 4.78 is 5.22. The minimum Gasteiger partial charge on any atom is -0.497 e. The van der Waals surface area contributed by atoms with E-state index in [1.807, 2.05) is 24.3 Å². The number of rotatable bonds is 10. The summed E-state index contributed by atoms with van der Waals surface area (Å²) in [5.41, 5.74) is 3.57. The molecule has 1 aliphatic heterocycles. The molecule has 0 aliphatic carbocycles. The van der Waals surface area contributed by atoms with Gasteiger partial charge in [-0.15, -0.1) is 0 Å². The van der Waals surface area contributed by atoms with Crippen molar-refractivity contribution in [1.82, 2.24) is 10.2 Å². The van der Waals surface area contributed by atoms with Crippen LogP contribution in [0.4, 0.5) is 10.5 Å². The number of nitrogens with zero attached hydrogens (tertiary/aromatic N) is 1. The van der Waals surface area contributed by atoms with Crippen LogP contribution >= 0.6 is 0 Å². The van der Waals surface area contributed by atoms with Crippen LogP contribution in [0, 0.1) is 5.92 Å². The number of nitrogens with one attached hydrogen (secondary N) is 2. The Bertz CT molecular complexity index is 1040. The van der Waals surface area contributed by atoms with Crippen LogP contribution in [0.15, 0.2) is 84.9 Å². The Labute approximate surface area is 209 Å². The Balaban J connectivity index is 1.27. The molecule has 3 aromatic rings. The van der Waals surface area contributed by atoms with Gasteiger partial charge in [0.15, 0.2) is 0 Å². The van der Waals surface area contributed by atoms with Crippen molar-refractivity contribution in [2.24, 2.45) is 5.92 Å². The highest BCUT2D eigenvalue weighted by molar-refractivity contribution is 5.89. The Kier molecular flexibility index (Phi) is 9.18. The standard InChI is InChI=1S/C30H37N3O2/c1-35-29-15-8-14-27(23-29)32-30(34)31-17-9-18-33-19-16-26(20-24-10-4-2-5-11-24)22-28(33)21-25-12-6-3-7-13-25/h2-8,10-15,23,26,28H,9,16-22H2,1H3,(H2,31,32,34)/t26-,28+/m1/s1. The van der Waals surface area contributed by atoms with Gasteiger partial charge in [-0.05, 0) is 67.8 Å². The Hall–Kier alpha value is -3.31. The van der Waals surface area contributed by atoms with Gasteiger partial charge in [0.05, 0.1) is 7.11 Å². The topological polar surface area (TPSA) is 53.6 Å². The van der Waals surface area contributed by atoms with Gasteiger partial charge in [0.2, 0.25) is 0 Å². The SMILES string of the molecule is COc1cccc(NC(=O)NCCCN2CC[C@H](Cc3ccccc3)C[C@@H]2Cc2ccccc2)c1. The number of anilines is 1. The zero-order valence-electron chi connectivity index (χ0n) is 20.7. The predicted octanol–water partition coefficient (Wildman–Crippen LogP) is 5.77. The fraction of sp³-hybridized carbons (Fsp3) is 0.367. The van der Waals surface area contributed by atoms with E-state index in [0.29, 0.717) is 18.5 Å². The van der Waals surface area contributed by atoms with Crippen molar-refractivity contribution in [3.63, 3.8) is 0 Å². The normalized spacial score (nSPS) is 18.1. The molecule has 2 amide bonds. The molecule has 2 atom stereocenters. The number of urea groups is 1. The van der Waals surface area contributed by atoms with E-state index in [-0.39, 0.29) is 6.03 Å². The molecule has 1 fully saturated rings. The second-order valence-electron chi connectivity index (χ2n) is 9.43. The van der Waals surface area contributed by atoms with Gasteiger partial charge in [-0.2, -0.15) is 0 Å². The van der Waals surface area contributed by atoms with Crippen molar-refractivity contribution in [3.8, 4) is 5.75 Å². The number of piperidine rings is 1. The molecule has 2 N–H and O–H groups in total. The fourth-order valence-corrected chi connectivity index (χ4v) is 5.07. The lowest BCUT2D eigenvalue weighted by atomic mass is 9.84. The fourth-order valence-electron chi connectivity index (χ4n) is 5.07. The molecule has 1 aliphatic rings. The molecule has 0 radical (unpaired) electrons. The van der Waals surface area contributed by atoms with E-state index in [1.54, 1.807) is 7.11 Å². The van der Waals surface area contributed by atoms with Crippen LogP contribution < -0.4 is 15.4 Å². The van der Waals surface area contributed by atoms with E-state index < -0.39 is 0 Å². The summed E-state index contributed by atoms with van der Waals surface area (Å²) in [6.45, 7) is 2.76. The van der Waals surface area contributed by atoms with E-state index in [4.69, 9.17) is 4.74 Å². The number of likely N-dealkylation sites (tertiary alicyclic amines) is 1. The highest BCUT2D eigenvalue weighted by Gasteiger charge is 2.28. The van der Waals surface area contributed by atoms with E-state index in [0.717, 1.165) is 43.8 Å². The first-order valence-electron chi connectivity index (χ1n) is 12.7. The molecule has 0 bridgehead atoms. The number of amides is 2. The van der Waals surface area contributed by atoms with Gasteiger partial charge in [0.25, 0.3) is 0 Å². The summed E-state index contributed by atoms with van der Waals surface area (Å²) in [5.74, 6) is 1.44. The smallest absolute Gasteiger partial charge is 0.319 e. The minimum atomic E-state index is -0.180. The van der Waals surface area contributed by atoms with Crippen LogP contribution in [0.3, 0.4) is 0 Å². The van der Waals surface area contributed by atoms with E-state index in [2.05, 4.69) is 76.2 Å². The third kappa shape index (κ3) is 7.86. The maximum absolute atomic E-state index is 12.3. The molecule has 0 saturated carbocycles. The van der Waals surface area contributed by atoms with Crippen LogP contribution in [-0.4, -0.2) is 43.7 Å². The van der Waals surface area contributed by atoms with Crippen molar-refractivity contribution in [2.75, 3.05) is 32.1 Å². The molecule has 1 saturated heterocycles. The number of benzene rings is 3. The Morgan fingerprint density at radius 2 is 1.66 bits per heavy atom. The van der Waals surface area contributed by atoms with E-state index in [9.17, 15) is 4.79 Å². The first kappa shape index (κ1) is 24.8. The average molecular weight is 472 g/mol. The largest absolute Gasteiger partial charge is 0.497 e. The summed E-state index contributed by atoms with van der Waals surface area (Å²) in [6.07, 6.45) is 5.61. The van der Waals surface area contributed by atoms with Crippen LogP contribution in [-0.2, 0) is 12.8 Å². The molecule has 4 rings (SSSR count). The van der Waals surface area contributed by atoms with Crippen LogP contribution in [0.25, 0.3) is 0 Å². The molecule has 184 valence electrons. The lowest BCUT2D eigenvalue weighted by Crippen LogP contribution is -2.45. The molecular weight excluding hydrogens is 434 g/mol. The van der Waals surface area contributed by atoms with Crippen molar-refractivity contribution in [1.29, 1.82) is 0 Å². The maximum Gasteiger partial charge on any atom is 0.319 e. The Morgan fingerprint density at radius 3 is 2.37 bits per heavy atom. The first-order valence-corrected chi connectivity index (χ1v) is 12.7. The number of ether oxygens (including phenoxy) is 1. The van der Waals surface area contributed by atoms with Crippen LogP contribution in [0.5, 0.6) is 5.75 Å². The lowest BCUT2D eigenvalue weighted by Gasteiger charge is -2.40. The molecule has 0 aromatic heterocycles. The number of carbonyl (C=O) groups is 1. The van der Waals surface area contributed by atoms with Gasteiger partial charge >= 0.3 is 6.03 Å². The zero-order valence-corrected chi connectivity index (χ0v) is 20.7. The monoisotopic (exact) mass is 471 g/mol. The van der Waals surface area contributed by atoms with E-state index >= 15 is 0 Å². The highest BCUT2D eigenvalue weighted by atomic mass is 16.5. The Morgan fingerprint density at radius 1 is 0.943 bits per heavy atom. The third-order valence-electron chi connectivity index (χ3n) is 6.86. The summed E-state index contributed by atoms with van der Waals surface area (Å²) in [7, 11) is 1.62. The molecule has 1 heterocycles. The van der Waals surface area contributed by atoms with Gasteiger partial charge in [-0.25, -0.2) is 4.79 Å². The predicted molar refractivity (Wildman–Crippen MR) is 143 cm³/mol.